The Morgan fingerprint density at radius 2 is 1.81 bits per heavy atom. The Morgan fingerprint density at radius 3 is 2.44 bits per heavy atom. The summed E-state index contributed by atoms with van der Waals surface area (Å²) in [5.41, 5.74) is 3.55. The molecule has 2 aromatic rings. The first-order chi connectivity index (χ1) is 7.43. The van der Waals surface area contributed by atoms with E-state index in [0.29, 0.717) is 0 Å². The number of nitrogens with two attached hydrogens (primary N) is 1. The molecular weight excluding hydrogens is 214 g/mol. The zero-order valence-electron chi connectivity index (χ0n) is 8.64. The van der Waals surface area contributed by atoms with Crippen LogP contribution in [0.1, 0.15) is 0 Å². The molecule has 0 saturated heterocycles. The highest BCUT2D eigenvalue weighted by Gasteiger charge is 2.11. The zero-order chi connectivity index (χ0) is 12.0. The lowest BCUT2D eigenvalue weighted by Crippen LogP contribution is -2.38. The molecule has 0 fully saturated rings. The number of aryl methyl sites for hydroxylation is 1. The Bertz CT molecular complexity index is 751. The highest BCUT2D eigenvalue weighted by atomic mass is 16.2. The molecule has 0 aliphatic rings. The van der Waals surface area contributed by atoms with Crippen LogP contribution in [-0.2, 0) is 14.1 Å². The van der Waals surface area contributed by atoms with E-state index in [1.165, 1.54) is 14.1 Å². The molecule has 2 aromatic heterocycles. The van der Waals surface area contributed by atoms with Crippen LogP contribution in [0.4, 0.5) is 5.82 Å². The van der Waals surface area contributed by atoms with Crippen LogP contribution in [-0.4, -0.2) is 19.1 Å². The van der Waals surface area contributed by atoms with Crippen molar-refractivity contribution < 1.29 is 0 Å². The normalized spacial score (nSPS) is 10.9. The van der Waals surface area contributed by atoms with Crippen LogP contribution in [0.15, 0.2) is 14.4 Å². The van der Waals surface area contributed by atoms with Crippen molar-refractivity contribution in [1.82, 2.24) is 19.1 Å². The highest BCUT2D eigenvalue weighted by Crippen LogP contribution is 1.98. The molecule has 0 aromatic carbocycles. The van der Waals surface area contributed by atoms with Gasteiger partial charge in [0.15, 0.2) is 17.0 Å². The maximum Gasteiger partial charge on any atom is 0.332 e. The van der Waals surface area contributed by atoms with Gasteiger partial charge in [-0.2, -0.15) is 0 Å². The standard InChI is InChI=1S/C8H9N5O3/c1-12-5-3(7(15)13(2)8(12)16)10-6(14)4(9)11-5/h1-2H3,(H2,9,11)(H,10,14). The number of nitrogens with zero attached hydrogens (tertiary/aromatic N) is 3. The molecule has 0 unspecified atom stereocenters. The minimum Gasteiger partial charge on any atom is -0.379 e. The number of hydrogen-bond donors (Lipinski definition) is 2. The van der Waals surface area contributed by atoms with E-state index in [2.05, 4.69) is 9.97 Å². The van der Waals surface area contributed by atoms with Crippen molar-refractivity contribution in [3.8, 4) is 0 Å². The topological polar surface area (TPSA) is 116 Å². The second-order valence-electron chi connectivity index (χ2n) is 3.36. The predicted octanol–water partition coefficient (Wildman–Crippen LogP) is -2.10. The van der Waals surface area contributed by atoms with Crippen molar-refractivity contribution in [2.45, 2.75) is 0 Å². The summed E-state index contributed by atoms with van der Waals surface area (Å²) < 4.78 is 2.03. The molecule has 0 amide bonds. The third-order valence-electron chi connectivity index (χ3n) is 2.33. The van der Waals surface area contributed by atoms with Gasteiger partial charge in [-0.15, -0.1) is 0 Å². The van der Waals surface area contributed by atoms with E-state index in [1.54, 1.807) is 0 Å². The molecule has 0 bridgehead atoms. The maximum absolute atomic E-state index is 11.7. The lowest BCUT2D eigenvalue weighted by Gasteiger charge is -2.05. The molecule has 2 rings (SSSR count). The van der Waals surface area contributed by atoms with E-state index in [9.17, 15) is 14.4 Å². The molecule has 8 heteroatoms. The Morgan fingerprint density at radius 1 is 1.19 bits per heavy atom. The summed E-state index contributed by atoms with van der Waals surface area (Å²) in [6.07, 6.45) is 0. The average molecular weight is 223 g/mol. The molecule has 8 nitrogen and oxygen atoms in total. The fraction of sp³-hybridized carbons (Fsp3) is 0.250. The van der Waals surface area contributed by atoms with Gasteiger partial charge in [0.25, 0.3) is 11.1 Å². The third-order valence-corrected chi connectivity index (χ3v) is 2.33. The van der Waals surface area contributed by atoms with E-state index in [1.807, 2.05) is 0 Å². The number of aromatic nitrogens is 4. The minimum atomic E-state index is -0.650. The van der Waals surface area contributed by atoms with Crippen molar-refractivity contribution >= 4 is 17.0 Å². The van der Waals surface area contributed by atoms with Crippen LogP contribution in [0.25, 0.3) is 11.2 Å². The number of nitrogens with one attached hydrogen (secondary N) is 1. The van der Waals surface area contributed by atoms with Crippen molar-refractivity contribution in [3.63, 3.8) is 0 Å². The highest BCUT2D eigenvalue weighted by molar-refractivity contribution is 5.69. The summed E-state index contributed by atoms with van der Waals surface area (Å²) in [6, 6.07) is 0. The first kappa shape index (κ1) is 10.1. The molecule has 2 heterocycles. The average Bonchev–Trinajstić information content (AvgIpc) is 2.26. The van der Waals surface area contributed by atoms with Gasteiger partial charge in [-0.25, -0.2) is 9.78 Å². The molecular formula is C8H9N5O3. The summed E-state index contributed by atoms with van der Waals surface area (Å²) >= 11 is 0. The molecule has 0 atom stereocenters. The van der Waals surface area contributed by atoms with Gasteiger partial charge in [0, 0.05) is 14.1 Å². The second kappa shape index (κ2) is 3.05. The van der Waals surface area contributed by atoms with Gasteiger partial charge in [0.1, 0.15) is 0 Å². The van der Waals surface area contributed by atoms with E-state index in [-0.39, 0.29) is 17.0 Å². The van der Waals surface area contributed by atoms with Gasteiger partial charge < -0.3 is 10.7 Å². The summed E-state index contributed by atoms with van der Waals surface area (Å²) in [5.74, 6) is -0.282. The largest absolute Gasteiger partial charge is 0.379 e. The van der Waals surface area contributed by atoms with E-state index in [0.717, 1.165) is 9.13 Å². The quantitative estimate of drug-likeness (QED) is 0.531. The first-order valence-corrected chi connectivity index (χ1v) is 4.39. The third kappa shape index (κ3) is 1.16. The zero-order valence-corrected chi connectivity index (χ0v) is 8.64. The Kier molecular flexibility index (Phi) is 1.94. The number of H-pyrrole nitrogens is 1. The molecule has 0 aliphatic carbocycles. The van der Waals surface area contributed by atoms with Crippen LogP contribution < -0.4 is 22.5 Å². The number of aromatic amines is 1. The fourth-order valence-corrected chi connectivity index (χ4v) is 1.42. The summed E-state index contributed by atoms with van der Waals surface area (Å²) in [4.78, 5) is 40.5. The molecule has 0 radical (unpaired) electrons. The molecule has 0 saturated carbocycles. The van der Waals surface area contributed by atoms with Crippen LogP contribution >= 0.6 is 0 Å². The van der Waals surface area contributed by atoms with Gasteiger partial charge in [-0.1, -0.05) is 0 Å². The number of rotatable bonds is 0. The van der Waals surface area contributed by atoms with Gasteiger partial charge in [0.2, 0.25) is 0 Å². The Labute approximate surface area is 88.0 Å². The van der Waals surface area contributed by atoms with Gasteiger partial charge in [0.05, 0.1) is 0 Å². The van der Waals surface area contributed by atoms with Crippen molar-refractivity contribution in [1.29, 1.82) is 0 Å². The van der Waals surface area contributed by atoms with Crippen molar-refractivity contribution in [2.24, 2.45) is 14.1 Å². The van der Waals surface area contributed by atoms with Crippen LogP contribution in [0, 0.1) is 0 Å². The molecule has 3 N–H and O–H groups in total. The lowest BCUT2D eigenvalue weighted by atomic mass is 10.4. The van der Waals surface area contributed by atoms with Crippen LogP contribution in [0.2, 0.25) is 0 Å². The van der Waals surface area contributed by atoms with Crippen molar-refractivity contribution in [2.75, 3.05) is 5.73 Å². The smallest absolute Gasteiger partial charge is 0.332 e. The first-order valence-electron chi connectivity index (χ1n) is 4.39. The summed E-state index contributed by atoms with van der Waals surface area (Å²) in [7, 11) is 2.76. The Balaban J connectivity index is 3.22. The SMILES string of the molecule is Cn1c(=O)c2[nH]c(=O)c(N)nc2n(C)c1=O. The molecule has 0 aliphatic heterocycles. The van der Waals surface area contributed by atoms with Crippen LogP contribution in [0.3, 0.4) is 0 Å². The maximum atomic E-state index is 11.7. The minimum absolute atomic E-state index is 0.0381. The number of fused-ring (bicyclic) bond motifs is 1. The Hall–Kier alpha value is -2.38. The number of nitrogen functional groups attached to an aromatic ring is 1. The lowest BCUT2D eigenvalue weighted by molar-refractivity contribution is 0.704. The van der Waals surface area contributed by atoms with Crippen LogP contribution in [0.5, 0.6) is 0 Å². The van der Waals surface area contributed by atoms with E-state index >= 15 is 0 Å². The summed E-state index contributed by atoms with van der Waals surface area (Å²) in [5, 5.41) is 0. The van der Waals surface area contributed by atoms with E-state index < -0.39 is 16.8 Å². The predicted molar refractivity (Wildman–Crippen MR) is 57.3 cm³/mol. The second-order valence-corrected chi connectivity index (χ2v) is 3.36. The molecule has 84 valence electrons. The monoisotopic (exact) mass is 223 g/mol. The van der Waals surface area contributed by atoms with Crippen molar-refractivity contribution in [3.05, 3.63) is 31.2 Å². The number of anilines is 1. The molecule has 0 spiro atoms. The summed E-state index contributed by atoms with van der Waals surface area (Å²) in [6.45, 7) is 0. The number of hydrogen-bond acceptors (Lipinski definition) is 5. The van der Waals surface area contributed by atoms with Gasteiger partial charge in [-0.3, -0.25) is 18.7 Å². The van der Waals surface area contributed by atoms with Gasteiger partial charge >= 0.3 is 5.69 Å². The molecule has 16 heavy (non-hydrogen) atoms. The van der Waals surface area contributed by atoms with E-state index in [4.69, 9.17) is 5.73 Å². The van der Waals surface area contributed by atoms with Gasteiger partial charge in [-0.05, 0) is 0 Å². The fourth-order valence-electron chi connectivity index (χ4n) is 1.42.